The first-order valence-corrected chi connectivity index (χ1v) is 31.0. The van der Waals surface area contributed by atoms with Crippen molar-refractivity contribution < 1.29 is 218 Å². The zero-order valence-electron chi connectivity index (χ0n) is 55.1. The third-order valence-corrected chi connectivity index (χ3v) is 16.7. The molecule has 0 aliphatic carbocycles. The number of ether oxygens (including phenoxy) is 11. The molecule has 0 saturated carbocycles. The van der Waals surface area contributed by atoms with Crippen LogP contribution in [-0.4, -0.2) is 250 Å². The molecule has 3 aliphatic rings. The molecular weight excluding hydrogens is 1520 g/mol. The smallest absolute Gasteiger partial charge is 0.342 e. The monoisotopic (exact) mass is 1570 g/mol. The number of hydrogen-bond donors (Lipinski definition) is 25. The molecule has 2 saturated heterocycles. The number of phenolic OH excluding ortho intramolecular Hbond substituents is 23. The van der Waals surface area contributed by atoms with Crippen LogP contribution in [0.5, 0.6) is 144 Å². The predicted octanol–water partition coefficient (Wildman–Crippen LogP) is 1.79. The van der Waals surface area contributed by atoms with E-state index in [1.54, 1.807) is 0 Å². The Labute approximate surface area is 617 Å². The Morgan fingerprint density at radius 2 is 0.705 bits per heavy atom. The summed E-state index contributed by atoms with van der Waals surface area (Å²) in [6.45, 7) is -2.88. The van der Waals surface area contributed by atoms with Gasteiger partial charge < -0.3 is 180 Å². The molecule has 25 N–H and O–H groups in total. The normalized spacial score (nSPS) is 19.9. The Bertz CT molecular complexity index is 5160. The van der Waals surface area contributed by atoms with Gasteiger partial charge in [-0.05, 0) is 72.8 Å². The number of carbonyl (C=O) groups is 8. The van der Waals surface area contributed by atoms with Gasteiger partial charge in [0.05, 0.1) is 38.9 Å². The third kappa shape index (κ3) is 14.5. The molecule has 588 valence electrons. The van der Waals surface area contributed by atoms with Crippen LogP contribution in [0.4, 0.5) is 0 Å². The molecule has 10 atom stereocenters. The molecule has 0 amide bonds. The maximum Gasteiger partial charge on any atom is 0.342 e. The van der Waals surface area contributed by atoms with Gasteiger partial charge in [0, 0.05) is 17.2 Å². The highest BCUT2D eigenvalue weighted by molar-refractivity contribution is 6.09. The number of carbonyl (C=O) groups excluding carboxylic acids is 8. The standard InChI is InChI=1S/C68H52O44/c69-24-1-16(2-25(70)41(24)82)59(94)102-15-38-54(107-60(95)17-3-26(71)42(83)27(72)4-17)57(109-61(96)18-5-28(73)43(84)29(74)6-18)58(68(105-38)112-63(98)20-9-32(77)45(86)33(78)10-20)110-66(101)23-13-35(80)47(88)51(92)53(23)106-55-40-22(12-36(81)48(55)89)64(99)103-14-37-49(90)56(108-65(100)21-11-34(79)46(87)50(91)39(21)40)52(93)67(104-37)111-62(97)19-7-30(75)44(85)31(76)8-19/h1-13,37-38,49,52,54,56-58,67-93H,14-15H2/t37-,38-,49-,52-,54-,56+,57+,58-,67+,68+/m1/s1. The molecular formula is C68H52O44. The number of aromatic hydroxyl groups is 23. The summed E-state index contributed by atoms with van der Waals surface area (Å²) in [5.74, 6) is -50.7. The topological polar surface area (TPSA) is 744 Å². The highest BCUT2D eigenvalue weighted by Gasteiger charge is 2.56. The van der Waals surface area contributed by atoms with Crippen molar-refractivity contribution in [3.8, 4) is 155 Å². The largest absolute Gasteiger partial charge is 0.504 e. The van der Waals surface area contributed by atoms with Gasteiger partial charge in [-0.1, -0.05) is 0 Å². The summed E-state index contributed by atoms with van der Waals surface area (Å²) in [7, 11) is 0. The second-order valence-electron chi connectivity index (χ2n) is 24.0. The van der Waals surface area contributed by atoms with Crippen molar-refractivity contribution in [1.29, 1.82) is 0 Å². The number of aliphatic hydroxyl groups is 2. The first-order valence-electron chi connectivity index (χ1n) is 31.0. The highest BCUT2D eigenvalue weighted by Crippen LogP contribution is 2.57. The molecule has 8 aromatic rings. The van der Waals surface area contributed by atoms with Crippen molar-refractivity contribution in [3.05, 3.63) is 123 Å². The Kier molecular flexibility index (Phi) is 20.6. The van der Waals surface area contributed by atoms with Gasteiger partial charge in [0.2, 0.25) is 41.7 Å². The Morgan fingerprint density at radius 1 is 0.339 bits per heavy atom. The first-order chi connectivity index (χ1) is 52.6. The predicted molar refractivity (Wildman–Crippen MR) is 346 cm³/mol. The summed E-state index contributed by atoms with van der Waals surface area (Å²) in [5, 5.41) is 269. The van der Waals surface area contributed by atoms with Gasteiger partial charge in [-0.25, -0.2) is 38.4 Å². The van der Waals surface area contributed by atoms with Crippen LogP contribution in [0.1, 0.15) is 82.9 Å². The Morgan fingerprint density at radius 3 is 1.16 bits per heavy atom. The fourth-order valence-corrected chi connectivity index (χ4v) is 11.2. The SMILES string of the molecule is O=C(OC[C@H]1O[C@@H](OC(=O)c2cc(O)c(O)c(O)c2)[C@H](OC(=O)c2cc(O)c(O)c(O)c2Oc2c(O)c(O)cc3c2-c2c(cc(O)c(O)c2O)C(=O)O[C@@H]2[C@@H](O)[C@H](OC(=O)c4cc(O)c(O)c(O)c4)O[C@H](COC3=O)[C@H]2O)[C@@H](OC(=O)c2cc(O)c(O)c(O)c2)[C@@H]1OC(=O)c1cc(O)c(O)c(O)c1)c1cc(O)c(O)c(O)c1. The van der Waals surface area contributed by atoms with Gasteiger partial charge in [0.15, 0.2) is 145 Å². The van der Waals surface area contributed by atoms with Crippen molar-refractivity contribution >= 4 is 47.8 Å². The van der Waals surface area contributed by atoms with Crippen molar-refractivity contribution in [2.24, 2.45) is 0 Å². The molecule has 0 unspecified atom stereocenters. The summed E-state index contributed by atoms with van der Waals surface area (Å²) in [5.41, 5.74) is -12.0. The van der Waals surface area contributed by atoms with Crippen LogP contribution in [0.25, 0.3) is 11.1 Å². The molecule has 0 aromatic heterocycles. The van der Waals surface area contributed by atoms with E-state index in [4.69, 9.17) is 52.1 Å². The lowest BCUT2D eigenvalue weighted by atomic mass is 9.91. The second kappa shape index (κ2) is 29.7. The van der Waals surface area contributed by atoms with Crippen LogP contribution >= 0.6 is 0 Å². The lowest BCUT2D eigenvalue weighted by molar-refractivity contribution is -0.284. The van der Waals surface area contributed by atoms with E-state index < -0.39 is 322 Å². The average Bonchev–Trinajstić information content (AvgIpc) is 0.734. The van der Waals surface area contributed by atoms with Crippen molar-refractivity contribution in [2.45, 2.75) is 61.4 Å². The summed E-state index contributed by atoms with van der Waals surface area (Å²) < 4.78 is 61.4. The van der Waals surface area contributed by atoms with Gasteiger partial charge in [0.1, 0.15) is 37.1 Å². The van der Waals surface area contributed by atoms with Crippen molar-refractivity contribution in [2.75, 3.05) is 13.2 Å². The number of cyclic esters (lactones) is 1. The molecule has 0 spiro atoms. The number of rotatable bonds is 15. The summed E-state index contributed by atoms with van der Waals surface area (Å²) in [6.07, 6.45) is -26.5. The van der Waals surface area contributed by atoms with E-state index in [0.717, 1.165) is 0 Å². The molecule has 11 rings (SSSR count). The molecule has 2 fully saturated rings. The van der Waals surface area contributed by atoms with E-state index >= 15 is 4.79 Å². The summed E-state index contributed by atoms with van der Waals surface area (Å²) in [6, 6.07) is 5.02. The van der Waals surface area contributed by atoms with E-state index in [9.17, 15) is 161 Å². The lowest BCUT2D eigenvalue weighted by Gasteiger charge is -2.44. The first kappa shape index (κ1) is 77.7. The van der Waals surface area contributed by atoms with Gasteiger partial charge in [0.25, 0.3) is 0 Å². The third-order valence-electron chi connectivity index (χ3n) is 16.7. The average molecular weight is 1570 g/mol. The number of fused-ring (bicyclic) bond motifs is 5. The summed E-state index contributed by atoms with van der Waals surface area (Å²) in [4.78, 5) is 116. The number of hydrogen-bond acceptors (Lipinski definition) is 44. The van der Waals surface area contributed by atoms with Crippen molar-refractivity contribution in [1.82, 2.24) is 0 Å². The van der Waals surface area contributed by atoms with Crippen LogP contribution in [0.15, 0.2) is 78.9 Å². The van der Waals surface area contributed by atoms with Crippen molar-refractivity contribution in [3.63, 3.8) is 0 Å². The zero-order chi connectivity index (χ0) is 82.0. The van der Waals surface area contributed by atoms with Crippen LogP contribution < -0.4 is 4.74 Å². The number of benzene rings is 8. The highest BCUT2D eigenvalue weighted by atomic mass is 16.8. The Hall–Kier alpha value is -15.4. The quantitative estimate of drug-likeness (QED) is 0.0395. The molecule has 44 heteroatoms. The van der Waals surface area contributed by atoms with E-state index in [2.05, 4.69) is 0 Å². The van der Waals surface area contributed by atoms with Gasteiger partial charge in [-0.3, -0.25) is 0 Å². The van der Waals surface area contributed by atoms with E-state index in [-0.39, 0.29) is 18.2 Å². The number of phenols is 23. The Balaban J connectivity index is 1.07. The van der Waals surface area contributed by atoms with Crippen LogP contribution in [0.3, 0.4) is 0 Å². The molecule has 3 heterocycles. The zero-order valence-corrected chi connectivity index (χ0v) is 55.1. The van der Waals surface area contributed by atoms with Gasteiger partial charge in [-0.2, -0.15) is 0 Å². The lowest BCUT2D eigenvalue weighted by Crippen LogP contribution is -2.63. The van der Waals surface area contributed by atoms with E-state index in [0.29, 0.717) is 60.7 Å². The molecule has 3 aliphatic heterocycles. The molecule has 0 radical (unpaired) electrons. The number of aliphatic hydroxyl groups excluding tert-OH is 2. The second-order valence-corrected chi connectivity index (χ2v) is 24.0. The van der Waals surface area contributed by atoms with Crippen LogP contribution in [0, 0.1) is 0 Å². The fourth-order valence-electron chi connectivity index (χ4n) is 11.2. The van der Waals surface area contributed by atoms with Crippen LogP contribution in [0.2, 0.25) is 0 Å². The maximum absolute atomic E-state index is 15.5. The van der Waals surface area contributed by atoms with Crippen LogP contribution in [-0.2, 0) is 47.4 Å². The van der Waals surface area contributed by atoms with Gasteiger partial charge >= 0.3 is 47.8 Å². The van der Waals surface area contributed by atoms with E-state index in [1.807, 2.05) is 0 Å². The van der Waals surface area contributed by atoms with E-state index in [1.165, 1.54) is 0 Å². The minimum atomic E-state index is -3.09. The minimum Gasteiger partial charge on any atom is -0.504 e. The maximum atomic E-state index is 15.5. The summed E-state index contributed by atoms with van der Waals surface area (Å²) >= 11 is 0. The molecule has 2 bridgehead atoms. The van der Waals surface area contributed by atoms with Gasteiger partial charge in [-0.15, -0.1) is 0 Å². The molecule has 112 heavy (non-hydrogen) atoms. The molecule has 44 nitrogen and oxygen atoms in total. The number of esters is 8. The fraction of sp³-hybridized carbons (Fsp3) is 0.176. The molecule has 8 aromatic carbocycles. The minimum absolute atomic E-state index is 0.0661.